The molecule has 4 rings (SSSR count). The van der Waals surface area contributed by atoms with E-state index in [1.165, 1.54) is 10.7 Å². The van der Waals surface area contributed by atoms with Gasteiger partial charge < -0.3 is 9.84 Å². The molecule has 30 heavy (non-hydrogen) atoms. The lowest BCUT2D eigenvalue weighted by molar-refractivity contribution is 0.0701. The second-order valence-electron chi connectivity index (χ2n) is 6.61. The first-order valence-corrected chi connectivity index (χ1v) is 9.67. The summed E-state index contributed by atoms with van der Waals surface area (Å²) in [7, 11) is 1.68. The van der Waals surface area contributed by atoms with Crippen molar-refractivity contribution in [3.05, 3.63) is 58.3 Å². The van der Waals surface area contributed by atoms with Gasteiger partial charge in [-0.25, -0.2) is 18.9 Å². The zero-order valence-electron chi connectivity index (χ0n) is 16.3. The van der Waals surface area contributed by atoms with E-state index in [2.05, 4.69) is 20.5 Å². The number of hydrogen-bond acceptors (Lipinski definition) is 7. The van der Waals surface area contributed by atoms with Gasteiger partial charge in [0.1, 0.15) is 15.6 Å². The summed E-state index contributed by atoms with van der Waals surface area (Å²) >= 11 is 1.08. The molecule has 1 N–H and O–H groups in total. The Morgan fingerprint density at radius 3 is 2.63 bits per heavy atom. The lowest BCUT2D eigenvalue weighted by Gasteiger charge is -2.12. The van der Waals surface area contributed by atoms with E-state index in [1.54, 1.807) is 44.3 Å². The van der Waals surface area contributed by atoms with Crippen LogP contribution in [0.5, 0.6) is 11.5 Å². The normalized spacial score (nSPS) is 10.9. The number of tetrazole rings is 1. The zero-order valence-corrected chi connectivity index (χ0v) is 17.1. The highest BCUT2D eigenvalue weighted by atomic mass is 32.1. The summed E-state index contributed by atoms with van der Waals surface area (Å²) in [6.07, 6.45) is 0. The second-order valence-corrected chi connectivity index (χ2v) is 7.61. The number of rotatable bonds is 5. The fraction of sp³-hybridized carbons (Fsp3) is 0.150. The fourth-order valence-corrected chi connectivity index (χ4v) is 3.81. The predicted molar refractivity (Wildman–Crippen MR) is 108 cm³/mol. The van der Waals surface area contributed by atoms with Crippen molar-refractivity contribution in [1.82, 2.24) is 25.2 Å². The molecule has 152 valence electrons. The molecule has 0 bridgehead atoms. The number of benzene rings is 2. The van der Waals surface area contributed by atoms with Gasteiger partial charge in [0.15, 0.2) is 17.4 Å². The number of aromatic nitrogens is 5. The van der Waals surface area contributed by atoms with Crippen molar-refractivity contribution >= 4 is 17.3 Å². The number of nitrogens with zero attached hydrogens (tertiary/aromatic N) is 5. The van der Waals surface area contributed by atoms with E-state index in [0.29, 0.717) is 33.4 Å². The molecular formula is C20H16FN5O3S. The topological polar surface area (TPSA) is 103 Å². The molecule has 10 heteroatoms. The highest BCUT2D eigenvalue weighted by Crippen LogP contribution is 2.38. The average Bonchev–Trinajstić information content (AvgIpc) is 3.30. The predicted octanol–water partition coefficient (Wildman–Crippen LogP) is 4.25. The van der Waals surface area contributed by atoms with Crippen molar-refractivity contribution in [1.29, 1.82) is 0 Å². The Morgan fingerprint density at radius 2 is 1.97 bits per heavy atom. The van der Waals surface area contributed by atoms with Gasteiger partial charge in [-0.15, -0.1) is 16.4 Å². The maximum Gasteiger partial charge on any atom is 0.347 e. The van der Waals surface area contributed by atoms with Crippen LogP contribution in [0.15, 0.2) is 36.4 Å². The number of aromatic carboxylic acids is 1. The van der Waals surface area contributed by atoms with Crippen molar-refractivity contribution in [2.45, 2.75) is 13.8 Å². The van der Waals surface area contributed by atoms with Crippen molar-refractivity contribution < 1.29 is 19.0 Å². The van der Waals surface area contributed by atoms with E-state index in [4.69, 9.17) is 4.74 Å². The summed E-state index contributed by atoms with van der Waals surface area (Å²) in [4.78, 5) is 15.9. The highest BCUT2D eigenvalue weighted by Gasteiger charge is 2.19. The molecule has 0 unspecified atom stereocenters. The van der Waals surface area contributed by atoms with Crippen molar-refractivity contribution in [2.75, 3.05) is 0 Å². The SMILES string of the molecule is Cc1ccc(F)c(Oc2ccc(-c3nc(C)c(C(=O)O)s3)cc2-c2nnnn2C)c1. The van der Waals surface area contributed by atoms with Crippen LogP contribution in [0.4, 0.5) is 4.39 Å². The first kappa shape index (κ1) is 19.6. The molecule has 0 amide bonds. The summed E-state index contributed by atoms with van der Waals surface area (Å²) in [5.41, 5.74) is 2.48. The van der Waals surface area contributed by atoms with Crippen molar-refractivity contribution in [2.24, 2.45) is 7.05 Å². The van der Waals surface area contributed by atoms with E-state index in [1.807, 2.05) is 6.92 Å². The Hall–Kier alpha value is -3.66. The number of halogens is 1. The van der Waals surface area contributed by atoms with Crippen LogP contribution >= 0.6 is 11.3 Å². The number of thiazole rings is 1. The van der Waals surface area contributed by atoms with Gasteiger partial charge in [0.25, 0.3) is 0 Å². The van der Waals surface area contributed by atoms with Crippen molar-refractivity contribution in [3.8, 4) is 33.5 Å². The van der Waals surface area contributed by atoms with Gasteiger partial charge in [0, 0.05) is 12.6 Å². The van der Waals surface area contributed by atoms with E-state index in [-0.39, 0.29) is 10.6 Å². The van der Waals surface area contributed by atoms with Gasteiger partial charge in [0.2, 0.25) is 0 Å². The second kappa shape index (κ2) is 7.64. The summed E-state index contributed by atoms with van der Waals surface area (Å²) in [5.74, 6) is -0.672. The molecule has 2 aromatic carbocycles. The Labute approximate surface area is 174 Å². The van der Waals surface area contributed by atoms with Gasteiger partial charge in [-0.1, -0.05) is 6.07 Å². The third-order valence-corrected chi connectivity index (χ3v) is 5.58. The Balaban J connectivity index is 1.83. The summed E-state index contributed by atoms with van der Waals surface area (Å²) < 4.78 is 21.6. The van der Waals surface area contributed by atoms with Crippen molar-refractivity contribution in [3.63, 3.8) is 0 Å². The maximum atomic E-state index is 14.2. The molecular weight excluding hydrogens is 409 g/mol. The van der Waals surface area contributed by atoms with Crippen LogP contribution in [0.25, 0.3) is 22.0 Å². The molecule has 0 saturated heterocycles. The van der Waals surface area contributed by atoms with Gasteiger partial charge in [-0.05, 0) is 60.2 Å². The molecule has 0 saturated carbocycles. The third-order valence-electron chi connectivity index (χ3n) is 4.39. The Morgan fingerprint density at radius 1 is 1.17 bits per heavy atom. The van der Waals surface area contributed by atoms with Crippen LogP contribution in [0.3, 0.4) is 0 Å². The average molecular weight is 425 g/mol. The van der Waals surface area contributed by atoms with E-state index in [0.717, 1.165) is 16.9 Å². The number of hydrogen-bond donors (Lipinski definition) is 1. The smallest absolute Gasteiger partial charge is 0.347 e. The Kier molecular flexibility index (Phi) is 5.00. The summed E-state index contributed by atoms with van der Waals surface area (Å²) in [5, 5.41) is 21.4. The number of carbonyl (C=O) groups is 1. The molecule has 0 aliphatic rings. The highest BCUT2D eigenvalue weighted by molar-refractivity contribution is 7.17. The zero-order chi connectivity index (χ0) is 21.4. The summed E-state index contributed by atoms with van der Waals surface area (Å²) in [6.45, 7) is 3.49. The molecule has 0 spiro atoms. The molecule has 2 heterocycles. The largest absolute Gasteiger partial charge is 0.477 e. The monoisotopic (exact) mass is 425 g/mol. The van der Waals surface area contributed by atoms with Crippen LogP contribution < -0.4 is 4.74 Å². The van der Waals surface area contributed by atoms with E-state index < -0.39 is 11.8 Å². The minimum absolute atomic E-state index is 0.0809. The number of aryl methyl sites for hydroxylation is 3. The summed E-state index contributed by atoms with van der Waals surface area (Å²) in [6, 6.07) is 9.75. The van der Waals surface area contributed by atoms with Crippen LogP contribution in [-0.4, -0.2) is 36.3 Å². The molecule has 8 nitrogen and oxygen atoms in total. The molecule has 0 fully saturated rings. The van der Waals surface area contributed by atoms with E-state index >= 15 is 0 Å². The molecule has 4 aromatic rings. The number of ether oxygens (including phenoxy) is 1. The maximum absolute atomic E-state index is 14.2. The quantitative estimate of drug-likeness (QED) is 0.510. The molecule has 0 atom stereocenters. The lowest BCUT2D eigenvalue weighted by Crippen LogP contribution is -1.98. The number of carboxylic acid groups (broad SMARTS) is 1. The first-order chi connectivity index (χ1) is 14.3. The molecule has 2 aromatic heterocycles. The first-order valence-electron chi connectivity index (χ1n) is 8.85. The molecule has 0 radical (unpaired) electrons. The van der Waals surface area contributed by atoms with Crippen LogP contribution in [0.2, 0.25) is 0 Å². The number of carboxylic acids is 1. The van der Waals surface area contributed by atoms with Gasteiger partial charge in [0.05, 0.1) is 11.3 Å². The molecule has 0 aliphatic carbocycles. The Bertz CT molecular complexity index is 1270. The standard InChI is InChI=1S/C20H16FN5O3S/c1-10-4-6-14(21)16(8-10)29-15-7-5-12(9-13(15)18-23-24-25-26(18)3)19-22-11(2)17(30-19)20(27)28/h4-9H,1-3H3,(H,27,28). The molecule has 0 aliphatic heterocycles. The minimum atomic E-state index is -1.02. The third kappa shape index (κ3) is 3.64. The van der Waals surface area contributed by atoms with E-state index in [9.17, 15) is 14.3 Å². The lowest BCUT2D eigenvalue weighted by atomic mass is 10.1. The van der Waals surface area contributed by atoms with Gasteiger partial charge in [-0.2, -0.15) is 0 Å². The van der Waals surface area contributed by atoms with Crippen LogP contribution in [-0.2, 0) is 7.05 Å². The van der Waals surface area contributed by atoms with Gasteiger partial charge in [-0.3, -0.25) is 0 Å². The minimum Gasteiger partial charge on any atom is -0.477 e. The van der Waals surface area contributed by atoms with Gasteiger partial charge >= 0.3 is 5.97 Å². The fourth-order valence-electron chi connectivity index (χ4n) is 2.91. The van der Waals surface area contributed by atoms with Crippen LogP contribution in [0.1, 0.15) is 20.9 Å². The van der Waals surface area contributed by atoms with Crippen LogP contribution in [0, 0.1) is 19.7 Å².